The SMILES string of the molecule is CC.CC.CC1CCC(O)CC1(C)C. The van der Waals surface area contributed by atoms with E-state index in [4.69, 9.17) is 0 Å². The molecule has 0 aliphatic heterocycles. The van der Waals surface area contributed by atoms with Crippen LogP contribution >= 0.6 is 0 Å². The second kappa shape index (κ2) is 8.28. The normalized spacial score (nSPS) is 29.1. The van der Waals surface area contributed by atoms with Crippen molar-refractivity contribution in [1.29, 1.82) is 0 Å². The zero-order chi connectivity index (χ0) is 11.8. The van der Waals surface area contributed by atoms with Gasteiger partial charge in [0, 0.05) is 0 Å². The van der Waals surface area contributed by atoms with Crippen molar-refractivity contribution in [1.82, 2.24) is 0 Å². The van der Waals surface area contributed by atoms with Crippen LogP contribution in [0.25, 0.3) is 0 Å². The lowest BCUT2D eigenvalue weighted by Gasteiger charge is -2.38. The molecule has 0 heterocycles. The van der Waals surface area contributed by atoms with E-state index in [1.54, 1.807) is 0 Å². The van der Waals surface area contributed by atoms with Gasteiger partial charge < -0.3 is 5.11 Å². The van der Waals surface area contributed by atoms with E-state index in [1.807, 2.05) is 27.7 Å². The van der Waals surface area contributed by atoms with E-state index < -0.39 is 0 Å². The standard InChI is InChI=1S/C9H18O.2C2H6/c1-7-4-5-8(10)6-9(7,2)3;2*1-2/h7-8,10H,4-6H2,1-3H3;2*1-2H3. The summed E-state index contributed by atoms with van der Waals surface area (Å²) in [5, 5.41) is 9.36. The Morgan fingerprint density at radius 3 is 1.71 bits per heavy atom. The van der Waals surface area contributed by atoms with Crippen molar-refractivity contribution < 1.29 is 5.11 Å². The Labute approximate surface area is 90.9 Å². The molecular weight excluding hydrogens is 172 g/mol. The van der Waals surface area contributed by atoms with E-state index in [-0.39, 0.29) is 6.10 Å². The second-order valence-electron chi connectivity index (χ2n) is 4.32. The summed E-state index contributed by atoms with van der Waals surface area (Å²) in [5.74, 6) is 0.774. The van der Waals surface area contributed by atoms with Gasteiger partial charge in [0.05, 0.1) is 6.10 Å². The van der Waals surface area contributed by atoms with Crippen LogP contribution in [0.2, 0.25) is 0 Å². The van der Waals surface area contributed by atoms with Gasteiger partial charge in [-0.1, -0.05) is 48.5 Å². The molecule has 1 heteroatoms. The first-order valence-corrected chi connectivity index (χ1v) is 6.20. The summed E-state index contributed by atoms with van der Waals surface area (Å²) in [6.07, 6.45) is 3.14. The molecule has 1 saturated carbocycles. The van der Waals surface area contributed by atoms with E-state index in [1.165, 1.54) is 6.42 Å². The van der Waals surface area contributed by atoms with E-state index in [0.717, 1.165) is 18.8 Å². The van der Waals surface area contributed by atoms with Crippen molar-refractivity contribution in [3.63, 3.8) is 0 Å². The number of rotatable bonds is 0. The molecule has 0 spiro atoms. The van der Waals surface area contributed by atoms with Crippen LogP contribution in [0.4, 0.5) is 0 Å². The maximum Gasteiger partial charge on any atom is 0.0545 e. The molecule has 1 aliphatic carbocycles. The zero-order valence-corrected chi connectivity index (χ0v) is 11.2. The monoisotopic (exact) mass is 202 g/mol. The average Bonchev–Trinajstić information content (AvgIpc) is 2.18. The fourth-order valence-electron chi connectivity index (χ4n) is 1.74. The van der Waals surface area contributed by atoms with E-state index >= 15 is 0 Å². The minimum Gasteiger partial charge on any atom is -0.393 e. The molecule has 0 aromatic heterocycles. The van der Waals surface area contributed by atoms with Crippen LogP contribution in [0.5, 0.6) is 0 Å². The molecule has 2 unspecified atom stereocenters. The van der Waals surface area contributed by atoms with Gasteiger partial charge in [0.25, 0.3) is 0 Å². The summed E-state index contributed by atoms with van der Waals surface area (Å²) >= 11 is 0. The summed E-state index contributed by atoms with van der Waals surface area (Å²) in [5.41, 5.74) is 0.359. The lowest BCUT2D eigenvalue weighted by molar-refractivity contribution is 0.0300. The Morgan fingerprint density at radius 2 is 1.43 bits per heavy atom. The van der Waals surface area contributed by atoms with Crippen LogP contribution in [-0.2, 0) is 0 Å². The number of aliphatic hydroxyl groups is 1. The Bertz CT molecular complexity index is 118. The van der Waals surface area contributed by atoms with Crippen LogP contribution in [0.3, 0.4) is 0 Å². The first kappa shape index (κ1) is 16.4. The highest BCUT2D eigenvalue weighted by Gasteiger charge is 2.32. The largest absolute Gasteiger partial charge is 0.393 e. The Balaban J connectivity index is 0. The molecule has 2 atom stereocenters. The summed E-state index contributed by atoms with van der Waals surface area (Å²) in [6, 6.07) is 0. The fourth-order valence-corrected chi connectivity index (χ4v) is 1.74. The van der Waals surface area contributed by atoms with Crippen LogP contribution in [-0.4, -0.2) is 11.2 Å². The van der Waals surface area contributed by atoms with Crippen molar-refractivity contribution in [3.05, 3.63) is 0 Å². The minimum atomic E-state index is -0.0359. The van der Waals surface area contributed by atoms with Gasteiger partial charge in [0.1, 0.15) is 0 Å². The van der Waals surface area contributed by atoms with E-state index in [0.29, 0.717) is 5.41 Å². The van der Waals surface area contributed by atoms with Gasteiger partial charge in [0.15, 0.2) is 0 Å². The molecular formula is C13H30O. The van der Waals surface area contributed by atoms with Crippen molar-refractivity contribution in [2.45, 2.75) is 73.8 Å². The summed E-state index contributed by atoms with van der Waals surface area (Å²) in [6.45, 7) is 14.8. The van der Waals surface area contributed by atoms with Crippen LogP contribution in [0.15, 0.2) is 0 Å². The molecule has 1 nitrogen and oxygen atoms in total. The van der Waals surface area contributed by atoms with Gasteiger partial charge in [-0.15, -0.1) is 0 Å². The third-order valence-electron chi connectivity index (χ3n) is 3.03. The maximum absolute atomic E-state index is 9.36. The molecule has 14 heavy (non-hydrogen) atoms. The van der Waals surface area contributed by atoms with Crippen molar-refractivity contribution >= 4 is 0 Å². The highest BCUT2D eigenvalue weighted by molar-refractivity contribution is 4.83. The predicted octanol–water partition coefficient (Wildman–Crippen LogP) is 4.25. The third-order valence-corrected chi connectivity index (χ3v) is 3.03. The molecule has 0 aromatic carbocycles. The zero-order valence-electron chi connectivity index (χ0n) is 11.2. The Kier molecular flexibility index (Phi) is 9.70. The maximum atomic E-state index is 9.36. The predicted molar refractivity (Wildman–Crippen MR) is 65.5 cm³/mol. The molecule has 1 N–H and O–H groups in total. The highest BCUT2D eigenvalue weighted by atomic mass is 16.3. The Morgan fingerprint density at radius 1 is 1.00 bits per heavy atom. The van der Waals surface area contributed by atoms with Crippen LogP contribution in [0.1, 0.15) is 67.7 Å². The second-order valence-corrected chi connectivity index (χ2v) is 4.32. The molecule has 0 aromatic rings. The highest BCUT2D eigenvalue weighted by Crippen LogP contribution is 2.39. The first-order valence-electron chi connectivity index (χ1n) is 6.20. The van der Waals surface area contributed by atoms with Gasteiger partial charge in [-0.2, -0.15) is 0 Å². The first-order chi connectivity index (χ1) is 6.52. The summed E-state index contributed by atoms with van der Waals surface area (Å²) < 4.78 is 0. The molecule has 0 saturated heterocycles. The average molecular weight is 202 g/mol. The van der Waals surface area contributed by atoms with Gasteiger partial charge in [-0.05, 0) is 30.6 Å². The topological polar surface area (TPSA) is 20.2 Å². The quantitative estimate of drug-likeness (QED) is 0.623. The number of hydrogen-bond acceptors (Lipinski definition) is 1. The third kappa shape index (κ3) is 5.64. The van der Waals surface area contributed by atoms with Crippen molar-refractivity contribution in [2.75, 3.05) is 0 Å². The van der Waals surface area contributed by atoms with Gasteiger partial charge in [-0.25, -0.2) is 0 Å². The summed E-state index contributed by atoms with van der Waals surface area (Å²) in [7, 11) is 0. The van der Waals surface area contributed by atoms with E-state index in [2.05, 4.69) is 20.8 Å². The van der Waals surface area contributed by atoms with E-state index in [9.17, 15) is 5.11 Å². The molecule has 0 radical (unpaired) electrons. The number of hydrogen-bond donors (Lipinski definition) is 1. The fraction of sp³-hybridized carbons (Fsp3) is 1.00. The Hall–Kier alpha value is -0.0400. The molecule has 0 amide bonds. The lowest BCUT2D eigenvalue weighted by atomic mass is 9.69. The van der Waals surface area contributed by atoms with Gasteiger partial charge in [-0.3, -0.25) is 0 Å². The van der Waals surface area contributed by atoms with Gasteiger partial charge >= 0.3 is 0 Å². The number of aliphatic hydroxyl groups excluding tert-OH is 1. The lowest BCUT2D eigenvalue weighted by Crippen LogP contribution is -2.32. The van der Waals surface area contributed by atoms with Crippen molar-refractivity contribution in [3.8, 4) is 0 Å². The molecule has 0 bridgehead atoms. The van der Waals surface area contributed by atoms with Crippen molar-refractivity contribution in [2.24, 2.45) is 11.3 Å². The molecule has 1 fully saturated rings. The summed E-state index contributed by atoms with van der Waals surface area (Å²) in [4.78, 5) is 0. The smallest absolute Gasteiger partial charge is 0.0545 e. The van der Waals surface area contributed by atoms with Gasteiger partial charge in [0.2, 0.25) is 0 Å². The van der Waals surface area contributed by atoms with Crippen LogP contribution in [0, 0.1) is 11.3 Å². The molecule has 1 rings (SSSR count). The molecule has 88 valence electrons. The molecule has 1 aliphatic rings. The van der Waals surface area contributed by atoms with Crippen LogP contribution < -0.4 is 0 Å². The minimum absolute atomic E-state index is 0.0359.